The molecule has 2 aromatic rings. The molecule has 1 aromatic heterocycles. The molecule has 1 unspecified atom stereocenters. The molecule has 1 fully saturated rings. The van der Waals surface area contributed by atoms with Crippen molar-refractivity contribution in [2.24, 2.45) is 5.92 Å². The van der Waals surface area contributed by atoms with Crippen molar-refractivity contribution >= 4 is 22.5 Å². The lowest BCUT2D eigenvalue weighted by atomic mass is 9.91. The molecule has 17 heavy (non-hydrogen) atoms. The van der Waals surface area contributed by atoms with Gasteiger partial charge in [-0.3, -0.25) is 5.10 Å². The van der Waals surface area contributed by atoms with Gasteiger partial charge in [0, 0.05) is 5.39 Å². The molecule has 0 bridgehead atoms. The highest BCUT2D eigenvalue weighted by Gasteiger charge is 2.16. The minimum absolute atomic E-state index is 0.666. The van der Waals surface area contributed by atoms with E-state index in [4.69, 9.17) is 11.6 Å². The van der Waals surface area contributed by atoms with Crippen LogP contribution in [0.25, 0.3) is 10.9 Å². The Kier molecular flexibility index (Phi) is 3.04. The van der Waals surface area contributed by atoms with Crippen molar-refractivity contribution in [3.05, 3.63) is 28.9 Å². The summed E-state index contributed by atoms with van der Waals surface area (Å²) in [5, 5.41) is 12.3. The second-order valence-electron chi connectivity index (χ2n) is 4.77. The third-order valence-corrected chi connectivity index (χ3v) is 3.80. The number of rotatable bonds is 2. The molecule has 1 aliphatic heterocycles. The highest BCUT2D eigenvalue weighted by Crippen LogP contribution is 2.27. The van der Waals surface area contributed by atoms with E-state index in [1.807, 2.05) is 6.07 Å². The number of nitrogens with zero attached hydrogens (tertiary/aromatic N) is 1. The Morgan fingerprint density at radius 2 is 2.35 bits per heavy atom. The highest BCUT2D eigenvalue weighted by atomic mass is 35.5. The first-order valence-electron chi connectivity index (χ1n) is 6.17. The summed E-state index contributed by atoms with van der Waals surface area (Å²) < 4.78 is 0. The van der Waals surface area contributed by atoms with Crippen LogP contribution in [0.15, 0.2) is 18.2 Å². The average molecular weight is 250 g/mol. The lowest BCUT2D eigenvalue weighted by Gasteiger charge is -2.22. The van der Waals surface area contributed by atoms with Crippen molar-refractivity contribution < 1.29 is 0 Å². The fourth-order valence-electron chi connectivity index (χ4n) is 2.68. The number of fused-ring (bicyclic) bond motifs is 1. The quantitative estimate of drug-likeness (QED) is 0.859. The molecule has 3 nitrogen and oxygen atoms in total. The maximum atomic E-state index is 6.16. The van der Waals surface area contributed by atoms with Gasteiger partial charge in [0.1, 0.15) is 5.15 Å². The van der Waals surface area contributed by atoms with Crippen molar-refractivity contribution in [1.29, 1.82) is 0 Å². The van der Waals surface area contributed by atoms with Gasteiger partial charge in [-0.1, -0.05) is 23.7 Å². The normalized spacial score (nSPS) is 20.9. The first-order chi connectivity index (χ1) is 8.34. The van der Waals surface area contributed by atoms with Crippen molar-refractivity contribution in [3.63, 3.8) is 0 Å². The van der Waals surface area contributed by atoms with E-state index in [0.29, 0.717) is 5.15 Å². The molecule has 0 amide bonds. The first kappa shape index (κ1) is 11.1. The van der Waals surface area contributed by atoms with Crippen molar-refractivity contribution in [2.75, 3.05) is 13.1 Å². The zero-order chi connectivity index (χ0) is 11.7. The van der Waals surface area contributed by atoms with Gasteiger partial charge in [0.05, 0.1) is 5.52 Å². The van der Waals surface area contributed by atoms with Gasteiger partial charge >= 0.3 is 0 Å². The van der Waals surface area contributed by atoms with E-state index in [2.05, 4.69) is 27.6 Å². The molecule has 0 radical (unpaired) electrons. The van der Waals surface area contributed by atoms with Crippen LogP contribution in [0.1, 0.15) is 18.4 Å². The number of H-pyrrole nitrogens is 1. The fourth-order valence-corrected chi connectivity index (χ4v) is 2.94. The van der Waals surface area contributed by atoms with Gasteiger partial charge < -0.3 is 5.32 Å². The number of benzene rings is 1. The number of aromatic amines is 1. The van der Waals surface area contributed by atoms with Crippen molar-refractivity contribution in [3.8, 4) is 0 Å². The Labute approximate surface area is 106 Å². The first-order valence-corrected chi connectivity index (χ1v) is 6.54. The number of aromatic nitrogens is 2. The predicted molar refractivity (Wildman–Crippen MR) is 70.4 cm³/mol. The number of halogens is 1. The second kappa shape index (κ2) is 4.67. The number of hydrogen-bond acceptors (Lipinski definition) is 2. The van der Waals surface area contributed by atoms with Gasteiger partial charge in [-0.15, -0.1) is 0 Å². The molecule has 1 aliphatic rings. The number of nitrogens with one attached hydrogen (secondary N) is 2. The van der Waals surface area contributed by atoms with E-state index in [1.54, 1.807) is 0 Å². The number of piperidine rings is 1. The summed E-state index contributed by atoms with van der Waals surface area (Å²) in [6.07, 6.45) is 3.67. The molecule has 1 aromatic carbocycles. The molecule has 0 saturated carbocycles. The van der Waals surface area contributed by atoms with E-state index in [1.165, 1.54) is 18.4 Å². The minimum atomic E-state index is 0.666. The lowest BCUT2D eigenvalue weighted by Crippen LogP contribution is -2.30. The molecule has 1 saturated heterocycles. The maximum absolute atomic E-state index is 6.16. The Bertz CT molecular complexity index is 514. The number of hydrogen-bond donors (Lipinski definition) is 2. The molecule has 3 rings (SSSR count). The zero-order valence-electron chi connectivity index (χ0n) is 9.67. The van der Waals surface area contributed by atoms with Crippen LogP contribution in [0.2, 0.25) is 5.15 Å². The summed E-state index contributed by atoms with van der Waals surface area (Å²) in [5.74, 6) is 0.723. The molecule has 0 spiro atoms. The fraction of sp³-hybridized carbons (Fsp3) is 0.462. The van der Waals surface area contributed by atoms with Crippen LogP contribution in [0, 0.1) is 5.92 Å². The summed E-state index contributed by atoms with van der Waals surface area (Å²) in [4.78, 5) is 0. The molecule has 2 N–H and O–H groups in total. The standard InChI is InChI=1S/C13H16ClN3/c14-13-12-10(4-1-5-11(12)16-17-13)7-9-3-2-6-15-8-9/h1,4-5,9,15H,2-3,6-8H2,(H,16,17). The Hall–Kier alpha value is -1.06. The second-order valence-corrected chi connectivity index (χ2v) is 5.14. The van der Waals surface area contributed by atoms with E-state index in [-0.39, 0.29) is 0 Å². The Balaban J connectivity index is 1.91. The summed E-state index contributed by atoms with van der Waals surface area (Å²) in [6.45, 7) is 2.28. The van der Waals surface area contributed by atoms with Crippen LogP contribution < -0.4 is 5.32 Å². The van der Waals surface area contributed by atoms with Gasteiger partial charge in [-0.25, -0.2) is 0 Å². The van der Waals surface area contributed by atoms with Gasteiger partial charge in [0.2, 0.25) is 0 Å². The molecule has 90 valence electrons. The topological polar surface area (TPSA) is 40.7 Å². The predicted octanol–water partition coefficient (Wildman–Crippen LogP) is 2.76. The molecular weight excluding hydrogens is 234 g/mol. The zero-order valence-corrected chi connectivity index (χ0v) is 10.4. The summed E-state index contributed by atoms with van der Waals surface area (Å²) in [7, 11) is 0. The van der Waals surface area contributed by atoms with Gasteiger partial charge in [-0.05, 0) is 49.9 Å². The Morgan fingerprint density at radius 3 is 3.18 bits per heavy atom. The molecule has 2 heterocycles. The molecule has 1 atom stereocenters. The van der Waals surface area contributed by atoms with Crippen LogP contribution in [0.4, 0.5) is 0 Å². The van der Waals surface area contributed by atoms with E-state index >= 15 is 0 Å². The molecule has 4 heteroatoms. The smallest absolute Gasteiger partial charge is 0.132 e. The average Bonchev–Trinajstić information content (AvgIpc) is 2.74. The monoisotopic (exact) mass is 249 g/mol. The van der Waals surface area contributed by atoms with Crippen LogP contribution >= 0.6 is 11.6 Å². The minimum Gasteiger partial charge on any atom is -0.316 e. The van der Waals surface area contributed by atoms with E-state index < -0.39 is 0 Å². The summed E-state index contributed by atoms with van der Waals surface area (Å²) >= 11 is 6.16. The molecule has 0 aliphatic carbocycles. The van der Waals surface area contributed by atoms with Crippen LogP contribution in [0.5, 0.6) is 0 Å². The van der Waals surface area contributed by atoms with Crippen molar-refractivity contribution in [2.45, 2.75) is 19.3 Å². The van der Waals surface area contributed by atoms with Gasteiger partial charge in [-0.2, -0.15) is 5.10 Å². The summed E-state index contributed by atoms with van der Waals surface area (Å²) in [5.41, 5.74) is 2.28. The van der Waals surface area contributed by atoms with Crippen LogP contribution in [0.3, 0.4) is 0 Å². The van der Waals surface area contributed by atoms with E-state index in [0.717, 1.165) is 36.3 Å². The van der Waals surface area contributed by atoms with Crippen LogP contribution in [-0.4, -0.2) is 23.3 Å². The summed E-state index contributed by atoms with van der Waals surface area (Å²) in [6, 6.07) is 6.23. The van der Waals surface area contributed by atoms with E-state index in [9.17, 15) is 0 Å². The third-order valence-electron chi connectivity index (χ3n) is 3.53. The SMILES string of the molecule is Clc1[nH]nc2cccc(CC3CCCNC3)c12. The third kappa shape index (κ3) is 2.17. The largest absolute Gasteiger partial charge is 0.316 e. The van der Waals surface area contributed by atoms with Crippen molar-refractivity contribution in [1.82, 2.24) is 15.5 Å². The van der Waals surface area contributed by atoms with Gasteiger partial charge in [0.25, 0.3) is 0 Å². The molecular formula is C13H16ClN3. The highest BCUT2D eigenvalue weighted by molar-refractivity contribution is 6.34. The lowest BCUT2D eigenvalue weighted by molar-refractivity contribution is 0.377. The van der Waals surface area contributed by atoms with Crippen LogP contribution in [-0.2, 0) is 6.42 Å². The Morgan fingerprint density at radius 1 is 1.41 bits per heavy atom. The maximum Gasteiger partial charge on any atom is 0.132 e. The van der Waals surface area contributed by atoms with Gasteiger partial charge in [0.15, 0.2) is 0 Å².